The van der Waals surface area contributed by atoms with Crippen molar-refractivity contribution in [3.05, 3.63) is 51.7 Å². The summed E-state index contributed by atoms with van der Waals surface area (Å²) in [6.07, 6.45) is 8.34. The van der Waals surface area contributed by atoms with E-state index in [0.29, 0.717) is 25.4 Å². The number of nitrogens with zero attached hydrogens (tertiary/aromatic N) is 2. The molecule has 2 amide bonds. The largest absolute Gasteiger partial charge is 0.497 e. The van der Waals surface area contributed by atoms with Gasteiger partial charge in [-0.05, 0) is 59.9 Å². The van der Waals surface area contributed by atoms with Crippen molar-refractivity contribution in [2.75, 3.05) is 26.7 Å². The Labute approximate surface area is 201 Å². The average Bonchev–Trinajstić information content (AvgIpc) is 3.53. The van der Waals surface area contributed by atoms with Crippen LogP contribution in [0.25, 0.3) is 0 Å². The number of hydrogen-bond donors (Lipinski definition) is 0. The summed E-state index contributed by atoms with van der Waals surface area (Å²) >= 11 is 1.76. The van der Waals surface area contributed by atoms with Crippen LogP contribution in [0.3, 0.4) is 0 Å². The Kier molecular flexibility index (Phi) is 8.07. The molecular formula is C27H36N2O3S. The van der Waals surface area contributed by atoms with Gasteiger partial charge in [0.2, 0.25) is 11.8 Å². The summed E-state index contributed by atoms with van der Waals surface area (Å²) in [7, 11) is 1.66. The van der Waals surface area contributed by atoms with Gasteiger partial charge in [-0.2, -0.15) is 0 Å². The van der Waals surface area contributed by atoms with E-state index in [0.717, 1.165) is 30.6 Å². The lowest BCUT2D eigenvalue weighted by molar-refractivity contribution is -0.142. The van der Waals surface area contributed by atoms with Crippen LogP contribution in [-0.4, -0.2) is 48.4 Å². The molecule has 33 heavy (non-hydrogen) atoms. The van der Waals surface area contributed by atoms with Crippen LogP contribution in [0.4, 0.5) is 0 Å². The van der Waals surface area contributed by atoms with Gasteiger partial charge in [-0.3, -0.25) is 9.59 Å². The van der Waals surface area contributed by atoms with E-state index in [9.17, 15) is 9.59 Å². The van der Waals surface area contributed by atoms with E-state index in [-0.39, 0.29) is 24.4 Å². The van der Waals surface area contributed by atoms with Crippen LogP contribution in [0.15, 0.2) is 35.7 Å². The highest BCUT2D eigenvalue weighted by molar-refractivity contribution is 7.10. The number of carbonyl (C=O) groups excluding carboxylic acids is 2. The molecule has 1 aromatic heterocycles. The second-order valence-electron chi connectivity index (χ2n) is 9.32. The molecule has 0 bridgehead atoms. The fraction of sp³-hybridized carbons (Fsp3) is 0.556. The monoisotopic (exact) mass is 468 g/mol. The Morgan fingerprint density at radius 3 is 2.61 bits per heavy atom. The van der Waals surface area contributed by atoms with Crippen molar-refractivity contribution < 1.29 is 14.3 Å². The lowest BCUT2D eigenvalue weighted by Crippen LogP contribution is -2.47. The van der Waals surface area contributed by atoms with Gasteiger partial charge in [-0.15, -0.1) is 11.3 Å². The quantitative estimate of drug-likeness (QED) is 0.492. The molecule has 1 unspecified atom stereocenters. The number of benzene rings is 1. The van der Waals surface area contributed by atoms with E-state index in [1.807, 2.05) is 29.2 Å². The second kappa shape index (κ2) is 11.2. The molecule has 6 heteroatoms. The lowest BCUT2D eigenvalue weighted by atomic mass is 9.93. The van der Waals surface area contributed by atoms with Crippen LogP contribution < -0.4 is 4.74 Å². The summed E-state index contributed by atoms with van der Waals surface area (Å²) in [5.41, 5.74) is 2.29. The van der Waals surface area contributed by atoms with Gasteiger partial charge in [0, 0.05) is 24.4 Å². The molecule has 2 aliphatic rings. The van der Waals surface area contributed by atoms with E-state index in [1.165, 1.54) is 36.1 Å². The minimum absolute atomic E-state index is 0.0373. The first-order valence-electron chi connectivity index (χ1n) is 12.4. The predicted molar refractivity (Wildman–Crippen MR) is 133 cm³/mol. The number of fused-ring (bicyclic) bond motifs is 1. The number of carbonyl (C=O) groups is 2. The van der Waals surface area contributed by atoms with Crippen molar-refractivity contribution in [3.8, 4) is 5.75 Å². The minimum atomic E-state index is -0.115. The summed E-state index contributed by atoms with van der Waals surface area (Å²) in [6, 6.07) is 10.0. The smallest absolute Gasteiger partial charge is 0.242 e. The van der Waals surface area contributed by atoms with Gasteiger partial charge >= 0.3 is 0 Å². The van der Waals surface area contributed by atoms with Crippen molar-refractivity contribution in [2.45, 2.75) is 64.3 Å². The highest BCUT2D eigenvalue weighted by atomic mass is 32.1. The number of thiophene rings is 1. The number of amides is 2. The Morgan fingerprint density at radius 1 is 1.15 bits per heavy atom. The molecule has 0 radical (unpaired) electrons. The Bertz CT molecular complexity index is 933. The van der Waals surface area contributed by atoms with Gasteiger partial charge in [0.05, 0.1) is 19.7 Å². The zero-order valence-corrected chi connectivity index (χ0v) is 20.7. The summed E-state index contributed by atoms with van der Waals surface area (Å²) < 4.78 is 5.33. The van der Waals surface area contributed by atoms with E-state index < -0.39 is 0 Å². The van der Waals surface area contributed by atoms with Crippen molar-refractivity contribution >= 4 is 23.2 Å². The number of ether oxygens (including phenoxy) is 1. The molecular weight excluding hydrogens is 432 g/mol. The minimum Gasteiger partial charge on any atom is -0.497 e. The zero-order chi connectivity index (χ0) is 23.2. The van der Waals surface area contributed by atoms with E-state index in [1.54, 1.807) is 23.3 Å². The van der Waals surface area contributed by atoms with Crippen molar-refractivity contribution in [1.82, 2.24) is 9.80 Å². The summed E-state index contributed by atoms with van der Waals surface area (Å²) in [5.74, 6) is 1.66. The standard InChI is InChI=1S/C27H36N2O3S/c1-3-16-28(25(30)13-8-20-6-4-5-7-20)19-26(31)29-17-14-24-23(15-18-33-24)27(29)21-9-11-22(32-2)12-10-21/h9-12,15,18,20,27H,3-8,13-14,16-17,19H2,1-2H3. The Morgan fingerprint density at radius 2 is 1.91 bits per heavy atom. The SMILES string of the molecule is CCCN(CC(=O)N1CCc2sccc2C1c1ccc(OC)cc1)C(=O)CCC1CCCC1. The topological polar surface area (TPSA) is 49.9 Å². The van der Waals surface area contributed by atoms with E-state index >= 15 is 0 Å². The molecule has 0 spiro atoms. The number of rotatable bonds is 9. The second-order valence-corrected chi connectivity index (χ2v) is 10.3. The van der Waals surface area contributed by atoms with Crippen LogP contribution in [0.1, 0.15) is 73.9 Å². The molecule has 1 fully saturated rings. The molecule has 5 nitrogen and oxygen atoms in total. The maximum Gasteiger partial charge on any atom is 0.242 e. The van der Waals surface area contributed by atoms with Crippen molar-refractivity contribution in [1.29, 1.82) is 0 Å². The highest BCUT2D eigenvalue weighted by Crippen LogP contribution is 2.38. The molecule has 178 valence electrons. The third-order valence-corrected chi connectivity index (χ3v) is 8.13. The molecule has 1 saturated carbocycles. The first kappa shape index (κ1) is 23.8. The summed E-state index contributed by atoms with van der Waals surface area (Å²) in [4.78, 5) is 31.7. The van der Waals surface area contributed by atoms with Crippen LogP contribution in [0.5, 0.6) is 5.75 Å². The average molecular weight is 469 g/mol. The zero-order valence-electron chi connectivity index (χ0n) is 19.9. The maximum absolute atomic E-state index is 13.6. The Balaban J connectivity index is 1.49. The first-order chi connectivity index (χ1) is 16.1. The summed E-state index contributed by atoms with van der Waals surface area (Å²) in [5, 5.41) is 2.12. The normalized spacial score (nSPS) is 18.2. The van der Waals surface area contributed by atoms with E-state index in [4.69, 9.17) is 4.74 Å². The molecule has 0 N–H and O–H groups in total. The fourth-order valence-electron chi connectivity index (χ4n) is 5.33. The number of hydrogen-bond acceptors (Lipinski definition) is 4. The lowest BCUT2D eigenvalue weighted by Gasteiger charge is -2.37. The molecule has 1 atom stereocenters. The molecule has 1 aliphatic heterocycles. The molecule has 2 heterocycles. The van der Waals surface area contributed by atoms with Crippen molar-refractivity contribution in [3.63, 3.8) is 0 Å². The van der Waals surface area contributed by atoms with Crippen LogP contribution in [0.2, 0.25) is 0 Å². The van der Waals surface area contributed by atoms with Gasteiger partial charge in [0.15, 0.2) is 0 Å². The van der Waals surface area contributed by atoms with Crippen LogP contribution in [-0.2, 0) is 16.0 Å². The van der Waals surface area contributed by atoms with Gasteiger partial charge in [0.25, 0.3) is 0 Å². The van der Waals surface area contributed by atoms with Gasteiger partial charge in [-0.25, -0.2) is 0 Å². The van der Waals surface area contributed by atoms with Crippen LogP contribution in [0, 0.1) is 5.92 Å². The highest BCUT2D eigenvalue weighted by Gasteiger charge is 2.34. The molecule has 0 saturated heterocycles. The summed E-state index contributed by atoms with van der Waals surface area (Å²) in [6.45, 7) is 3.56. The predicted octanol–water partition coefficient (Wildman–Crippen LogP) is 5.44. The Hall–Kier alpha value is -2.34. The van der Waals surface area contributed by atoms with Gasteiger partial charge in [-0.1, -0.05) is 44.7 Å². The molecule has 1 aliphatic carbocycles. The third-order valence-electron chi connectivity index (χ3n) is 7.13. The molecule has 2 aromatic rings. The first-order valence-corrected chi connectivity index (χ1v) is 13.3. The molecule has 1 aromatic carbocycles. The molecule has 4 rings (SSSR count). The van der Waals surface area contributed by atoms with Crippen molar-refractivity contribution in [2.24, 2.45) is 5.92 Å². The van der Waals surface area contributed by atoms with Gasteiger partial charge < -0.3 is 14.5 Å². The van der Waals surface area contributed by atoms with E-state index in [2.05, 4.69) is 18.4 Å². The maximum atomic E-state index is 13.6. The number of methoxy groups -OCH3 is 1. The van der Waals surface area contributed by atoms with Crippen LogP contribution >= 0.6 is 11.3 Å². The fourth-order valence-corrected chi connectivity index (χ4v) is 6.24. The van der Waals surface area contributed by atoms with Gasteiger partial charge in [0.1, 0.15) is 5.75 Å². The third kappa shape index (κ3) is 5.60.